The van der Waals surface area contributed by atoms with Crippen LogP contribution in [0.1, 0.15) is 5.56 Å². The second kappa shape index (κ2) is 5.18. The summed E-state index contributed by atoms with van der Waals surface area (Å²) in [5.41, 5.74) is 1.59. The summed E-state index contributed by atoms with van der Waals surface area (Å²) in [6.45, 7) is 0. The van der Waals surface area contributed by atoms with Crippen LogP contribution < -0.4 is 0 Å². The molecule has 1 aromatic heterocycles. The van der Waals surface area contributed by atoms with Crippen molar-refractivity contribution in [3.05, 3.63) is 52.8 Å². The minimum atomic E-state index is -0.935. The Morgan fingerprint density at radius 1 is 1.33 bits per heavy atom. The number of oxazole rings is 1. The zero-order chi connectivity index (χ0) is 15.0. The minimum Gasteiger partial charge on any atom is -0.481 e. The first-order valence-corrected chi connectivity index (χ1v) is 6.48. The number of hydrogen-bond donors (Lipinski definition) is 1. The summed E-state index contributed by atoms with van der Waals surface area (Å²) in [5, 5.41) is 8.99. The second-order valence-electron chi connectivity index (χ2n) is 4.49. The third-order valence-corrected chi connectivity index (χ3v) is 3.30. The molecule has 0 spiro atoms. The topological polar surface area (TPSA) is 63.3 Å². The van der Waals surface area contributed by atoms with Crippen molar-refractivity contribution in [1.29, 1.82) is 0 Å². The lowest BCUT2D eigenvalue weighted by atomic mass is 10.1. The first-order chi connectivity index (χ1) is 10.0. The summed E-state index contributed by atoms with van der Waals surface area (Å²) in [7, 11) is 0. The number of aromatic nitrogens is 1. The van der Waals surface area contributed by atoms with Gasteiger partial charge < -0.3 is 9.52 Å². The molecular weight excluding hydrogens is 297 g/mol. The van der Waals surface area contributed by atoms with E-state index < -0.39 is 11.8 Å². The highest BCUT2D eigenvalue weighted by Gasteiger charge is 2.16. The van der Waals surface area contributed by atoms with Gasteiger partial charge >= 0.3 is 5.97 Å². The van der Waals surface area contributed by atoms with Crippen LogP contribution in [0.3, 0.4) is 0 Å². The lowest BCUT2D eigenvalue weighted by Gasteiger charge is -1.99. The summed E-state index contributed by atoms with van der Waals surface area (Å²) in [6.07, 6.45) is -0.113. The Hall–Kier alpha value is -2.40. The average molecular weight is 306 g/mol. The van der Waals surface area contributed by atoms with Crippen molar-refractivity contribution in [2.45, 2.75) is 6.42 Å². The Balaban J connectivity index is 2.11. The number of carboxylic acid groups (broad SMARTS) is 1. The van der Waals surface area contributed by atoms with Crippen LogP contribution in [0.5, 0.6) is 0 Å². The number of benzene rings is 2. The van der Waals surface area contributed by atoms with Crippen LogP contribution in [0, 0.1) is 5.82 Å². The molecule has 0 radical (unpaired) electrons. The zero-order valence-corrected chi connectivity index (χ0v) is 11.4. The standard InChI is InChI=1S/C15H9ClFNO3/c16-9-2-1-3-10(17)14(9)15-18-11-6-8(7-13(19)20)4-5-12(11)21-15/h1-6H,7H2,(H,19,20). The summed E-state index contributed by atoms with van der Waals surface area (Å²) in [4.78, 5) is 14.9. The molecule has 0 saturated heterocycles. The van der Waals surface area contributed by atoms with Gasteiger partial charge in [0.05, 0.1) is 17.0 Å². The van der Waals surface area contributed by atoms with Crippen LogP contribution in [0.25, 0.3) is 22.6 Å². The van der Waals surface area contributed by atoms with Gasteiger partial charge in [-0.05, 0) is 29.8 Å². The van der Waals surface area contributed by atoms with Gasteiger partial charge in [-0.25, -0.2) is 9.37 Å². The van der Waals surface area contributed by atoms with Gasteiger partial charge in [0.25, 0.3) is 0 Å². The first kappa shape index (κ1) is 13.6. The molecule has 106 valence electrons. The van der Waals surface area contributed by atoms with Crippen molar-refractivity contribution in [3.63, 3.8) is 0 Å². The van der Waals surface area contributed by atoms with Crippen molar-refractivity contribution >= 4 is 28.7 Å². The van der Waals surface area contributed by atoms with Gasteiger partial charge in [0.2, 0.25) is 5.89 Å². The van der Waals surface area contributed by atoms with E-state index in [1.807, 2.05) is 0 Å². The molecule has 0 bridgehead atoms. The monoisotopic (exact) mass is 305 g/mol. The SMILES string of the molecule is O=C(O)Cc1ccc2oc(-c3c(F)cccc3Cl)nc2c1. The van der Waals surface area contributed by atoms with Gasteiger partial charge in [0.1, 0.15) is 11.3 Å². The molecule has 1 heterocycles. The van der Waals surface area contributed by atoms with Crippen LogP contribution in [0.4, 0.5) is 4.39 Å². The lowest BCUT2D eigenvalue weighted by Crippen LogP contribution is -1.99. The van der Waals surface area contributed by atoms with E-state index in [0.717, 1.165) is 0 Å². The van der Waals surface area contributed by atoms with E-state index >= 15 is 0 Å². The number of fused-ring (bicyclic) bond motifs is 1. The summed E-state index contributed by atoms with van der Waals surface area (Å²) in [5.74, 6) is -1.39. The predicted molar refractivity (Wildman–Crippen MR) is 75.8 cm³/mol. The number of halogens is 2. The molecule has 3 aromatic rings. The van der Waals surface area contributed by atoms with Gasteiger partial charge in [0.15, 0.2) is 5.58 Å². The molecule has 0 unspecified atom stereocenters. The number of carboxylic acids is 1. The molecule has 2 aromatic carbocycles. The molecule has 0 aliphatic rings. The van der Waals surface area contributed by atoms with E-state index in [9.17, 15) is 9.18 Å². The molecule has 0 aliphatic carbocycles. The predicted octanol–water partition coefficient (Wildman–Crippen LogP) is 3.91. The molecule has 0 aliphatic heterocycles. The fraction of sp³-hybridized carbons (Fsp3) is 0.0667. The van der Waals surface area contributed by atoms with Crippen LogP contribution >= 0.6 is 11.6 Å². The largest absolute Gasteiger partial charge is 0.481 e. The van der Waals surface area contributed by atoms with Crippen molar-refractivity contribution in [1.82, 2.24) is 4.98 Å². The number of rotatable bonds is 3. The van der Waals surface area contributed by atoms with E-state index in [1.165, 1.54) is 12.1 Å². The number of nitrogens with zero attached hydrogens (tertiary/aromatic N) is 1. The third-order valence-electron chi connectivity index (χ3n) is 2.98. The fourth-order valence-electron chi connectivity index (χ4n) is 2.07. The Bertz CT molecular complexity index is 824. The molecule has 0 amide bonds. The van der Waals surface area contributed by atoms with Gasteiger partial charge in [-0.15, -0.1) is 0 Å². The molecule has 3 rings (SSSR count). The normalized spacial score (nSPS) is 11.0. The van der Waals surface area contributed by atoms with Crippen molar-refractivity contribution in [3.8, 4) is 11.5 Å². The summed E-state index contributed by atoms with van der Waals surface area (Å²) < 4.78 is 19.3. The third kappa shape index (κ3) is 2.60. The molecule has 0 saturated carbocycles. The van der Waals surface area contributed by atoms with E-state index in [-0.39, 0.29) is 22.9 Å². The van der Waals surface area contributed by atoms with Crippen molar-refractivity contribution in [2.24, 2.45) is 0 Å². The van der Waals surface area contributed by atoms with Crippen LogP contribution in [-0.4, -0.2) is 16.1 Å². The van der Waals surface area contributed by atoms with Crippen molar-refractivity contribution < 1.29 is 18.7 Å². The van der Waals surface area contributed by atoms with Gasteiger partial charge in [-0.3, -0.25) is 4.79 Å². The summed E-state index contributed by atoms with van der Waals surface area (Å²) in [6, 6.07) is 9.16. The molecule has 0 fully saturated rings. The Labute approximate surface area is 123 Å². The maximum Gasteiger partial charge on any atom is 0.307 e. The molecule has 4 nitrogen and oxygen atoms in total. The minimum absolute atomic E-state index is 0.0700. The van der Waals surface area contributed by atoms with E-state index in [1.54, 1.807) is 24.3 Å². The van der Waals surface area contributed by atoms with E-state index in [4.69, 9.17) is 21.1 Å². The Morgan fingerprint density at radius 2 is 2.14 bits per heavy atom. The molecular formula is C15H9ClFNO3. The number of aliphatic carboxylic acids is 1. The highest BCUT2D eigenvalue weighted by Crippen LogP contribution is 2.32. The van der Waals surface area contributed by atoms with E-state index in [2.05, 4.69) is 4.98 Å². The molecule has 21 heavy (non-hydrogen) atoms. The Morgan fingerprint density at radius 3 is 2.86 bits per heavy atom. The molecule has 1 N–H and O–H groups in total. The fourth-order valence-corrected chi connectivity index (χ4v) is 2.31. The molecule has 0 atom stereocenters. The van der Waals surface area contributed by atoms with Gasteiger partial charge in [-0.1, -0.05) is 23.7 Å². The first-order valence-electron chi connectivity index (χ1n) is 6.10. The maximum absolute atomic E-state index is 13.9. The average Bonchev–Trinajstić information content (AvgIpc) is 2.80. The smallest absolute Gasteiger partial charge is 0.307 e. The highest BCUT2D eigenvalue weighted by atomic mass is 35.5. The molecule has 6 heteroatoms. The zero-order valence-electron chi connectivity index (χ0n) is 10.6. The Kier molecular flexibility index (Phi) is 3.35. The lowest BCUT2D eigenvalue weighted by molar-refractivity contribution is -0.136. The summed E-state index contributed by atoms with van der Waals surface area (Å²) >= 11 is 5.97. The van der Waals surface area contributed by atoms with Crippen molar-refractivity contribution in [2.75, 3.05) is 0 Å². The highest BCUT2D eigenvalue weighted by molar-refractivity contribution is 6.33. The van der Waals surface area contributed by atoms with Crippen LogP contribution in [0.15, 0.2) is 40.8 Å². The van der Waals surface area contributed by atoms with Gasteiger partial charge in [0, 0.05) is 0 Å². The quantitative estimate of drug-likeness (QED) is 0.796. The number of carbonyl (C=O) groups is 1. The number of hydrogen-bond acceptors (Lipinski definition) is 3. The second-order valence-corrected chi connectivity index (χ2v) is 4.90. The van der Waals surface area contributed by atoms with E-state index in [0.29, 0.717) is 16.7 Å². The van der Waals surface area contributed by atoms with Gasteiger partial charge in [-0.2, -0.15) is 0 Å². The van der Waals surface area contributed by atoms with Crippen LogP contribution in [0.2, 0.25) is 5.02 Å². The maximum atomic E-state index is 13.9. The van der Waals surface area contributed by atoms with Crippen LogP contribution in [-0.2, 0) is 11.2 Å².